The van der Waals surface area contributed by atoms with E-state index in [4.69, 9.17) is 20.4 Å². The minimum Gasteiger partial charge on any atom is -0.394 e. The highest BCUT2D eigenvalue weighted by Crippen LogP contribution is 1.98. The van der Waals surface area contributed by atoms with Crippen molar-refractivity contribution in [3.63, 3.8) is 0 Å². The van der Waals surface area contributed by atoms with Gasteiger partial charge in [-0.2, -0.15) is 0 Å². The molecule has 5 N–H and O–H groups in total. The molecule has 12 heavy (non-hydrogen) atoms. The predicted molar refractivity (Wildman–Crippen MR) is 41.5 cm³/mol. The molecule has 3 atom stereocenters. The molecule has 0 aliphatic rings. The first-order valence-corrected chi connectivity index (χ1v) is 3.43. The Balaban J connectivity index is 0. The van der Waals surface area contributed by atoms with E-state index in [1.165, 1.54) is 0 Å². The summed E-state index contributed by atoms with van der Waals surface area (Å²) in [5.41, 5.74) is 0. The molecule has 0 aromatic heterocycles. The monoisotopic (exact) mass is 185 g/mol. The third-order valence-electron chi connectivity index (χ3n) is 1.39. The lowest BCUT2D eigenvalue weighted by atomic mass is 10.1. The van der Waals surface area contributed by atoms with Crippen LogP contribution in [0.15, 0.2) is 0 Å². The lowest BCUT2D eigenvalue weighted by molar-refractivity contribution is -0.0745. The van der Waals surface area contributed by atoms with Gasteiger partial charge in [-0.05, 0) is 7.05 Å². The fraction of sp³-hybridized carbons (Fsp3) is 1.00. The third kappa shape index (κ3) is 4.58. The minimum atomic E-state index is -1.30. The van der Waals surface area contributed by atoms with Crippen LogP contribution in [0.4, 0.5) is 4.70 Å². The second-order valence-electron chi connectivity index (χ2n) is 2.37. The van der Waals surface area contributed by atoms with Crippen LogP contribution in [0.3, 0.4) is 0 Å². The summed E-state index contributed by atoms with van der Waals surface area (Å²) in [6, 6.07) is 0. The van der Waals surface area contributed by atoms with E-state index in [0.717, 1.165) is 0 Å². The maximum absolute atomic E-state index is 9.04. The van der Waals surface area contributed by atoms with Crippen molar-refractivity contribution in [3.8, 4) is 0 Å². The predicted octanol–water partition coefficient (Wildman–Crippen LogP) is -2.57. The first-order chi connectivity index (χ1) is 5.13. The molecule has 0 spiro atoms. The van der Waals surface area contributed by atoms with E-state index in [-0.39, 0.29) is 11.2 Å². The van der Waals surface area contributed by atoms with Crippen LogP contribution < -0.4 is 5.32 Å². The Labute approximate surface area is 70.0 Å². The number of aliphatic hydroxyl groups is 4. The van der Waals surface area contributed by atoms with Gasteiger partial charge in [0.05, 0.1) is 12.7 Å². The molecule has 0 rings (SSSR count). The van der Waals surface area contributed by atoms with Gasteiger partial charge in [-0.3, -0.25) is 4.70 Å². The van der Waals surface area contributed by atoms with Gasteiger partial charge in [0, 0.05) is 6.54 Å². The van der Waals surface area contributed by atoms with Gasteiger partial charge in [-0.1, -0.05) is 0 Å². The molecule has 0 heterocycles. The number of hydrogen-bond donors (Lipinski definition) is 5. The zero-order chi connectivity index (χ0) is 8.85. The second-order valence-corrected chi connectivity index (χ2v) is 2.37. The second kappa shape index (κ2) is 7.38. The molecule has 0 saturated carbocycles. The third-order valence-corrected chi connectivity index (χ3v) is 1.39. The highest BCUT2D eigenvalue weighted by Gasteiger charge is 2.22. The fourth-order valence-electron chi connectivity index (χ4n) is 0.694. The summed E-state index contributed by atoms with van der Waals surface area (Å²) in [6.07, 6.45) is -3.63. The van der Waals surface area contributed by atoms with Gasteiger partial charge < -0.3 is 25.7 Å². The lowest BCUT2D eigenvalue weighted by Crippen LogP contribution is -2.43. The number of halogens is 1. The molecule has 0 amide bonds. The van der Waals surface area contributed by atoms with Crippen molar-refractivity contribution in [3.05, 3.63) is 0 Å². The zero-order valence-corrected chi connectivity index (χ0v) is 6.84. The Hall–Kier alpha value is -0.270. The molecule has 0 bridgehead atoms. The highest BCUT2D eigenvalue weighted by molar-refractivity contribution is 4.75. The number of likely N-dealkylation sites (N-methyl/N-ethyl adjacent to an activating group) is 1. The van der Waals surface area contributed by atoms with E-state index in [1.54, 1.807) is 7.05 Å². The molecule has 76 valence electrons. The Morgan fingerprint density at radius 3 is 2.00 bits per heavy atom. The van der Waals surface area contributed by atoms with Crippen molar-refractivity contribution in [2.24, 2.45) is 0 Å². The van der Waals surface area contributed by atoms with Crippen molar-refractivity contribution in [1.82, 2.24) is 5.32 Å². The quantitative estimate of drug-likeness (QED) is 0.325. The number of aliphatic hydroxyl groups excluding tert-OH is 4. The van der Waals surface area contributed by atoms with E-state index < -0.39 is 24.9 Å². The summed E-state index contributed by atoms with van der Waals surface area (Å²) in [5.74, 6) is 0. The van der Waals surface area contributed by atoms with Crippen LogP contribution in [0.1, 0.15) is 0 Å². The van der Waals surface area contributed by atoms with Gasteiger partial charge in [-0.15, -0.1) is 0 Å². The van der Waals surface area contributed by atoms with Crippen molar-refractivity contribution in [2.75, 3.05) is 20.2 Å². The molecule has 0 saturated heterocycles. The average Bonchev–Trinajstić information content (AvgIpc) is 2.02. The SMILES string of the molecule is CNC[C@H](O)[C@H](O)[C@H](O)CO.F. The first-order valence-electron chi connectivity index (χ1n) is 3.43. The molecule has 0 aromatic carbocycles. The molecule has 0 radical (unpaired) electrons. The van der Waals surface area contributed by atoms with E-state index in [1.807, 2.05) is 0 Å². The normalized spacial score (nSPS) is 17.8. The average molecular weight is 185 g/mol. The Morgan fingerprint density at radius 1 is 1.17 bits per heavy atom. The van der Waals surface area contributed by atoms with Crippen LogP contribution in [-0.2, 0) is 0 Å². The molecular formula is C6H16FNO4. The van der Waals surface area contributed by atoms with Crippen LogP contribution in [0.5, 0.6) is 0 Å². The van der Waals surface area contributed by atoms with Crippen molar-refractivity contribution in [2.45, 2.75) is 18.3 Å². The van der Waals surface area contributed by atoms with Gasteiger partial charge in [-0.25, -0.2) is 0 Å². The molecule has 0 fully saturated rings. The zero-order valence-electron chi connectivity index (χ0n) is 6.84. The summed E-state index contributed by atoms with van der Waals surface area (Å²) in [7, 11) is 1.61. The Bertz CT molecular complexity index is 106. The summed E-state index contributed by atoms with van der Waals surface area (Å²) in [4.78, 5) is 0. The van der Waals surface area contributed by atoms with Crippen LogP contribution in [0.25, 0.3) is 0 Å². The van der Waals surface area contributed by atoms with Crippen LogP contribution in [-0.4, -0.2) is 58.9 Å². The lowest BCUT2D eigenvalue weighted by Gasteiger charge is -2.20. The highest BCUT2D eigenvalue weighted by atomic mass is 19.0. The van der Waals surface area contributed by atoms with E-state index in [9.17, 15) is 0 Å². The van der Waals surface area contributed by atoms with Gasteiger partial charge in [0.25, 0.3) is 0 Å². The molecule has 0 aliphatic heterocycles. The molecule has 0 aliphatic carbocycles. The maximum atomic E-state index is 9.04. The van der Waals surface area contributed by atoms with Crippen LogP contribution >= 0.6 is 0 Å². The number of rotatable bonds is 5. The van der Waals surface area contributed by atoms with Crippen molar-refractivity contribution in [1.29, 1.82) is 0 Å². The van der Waals surface area contributed by atoms with Crippen LogP contribution in [0.2, 0.25) is 0 Å². The van der Waals surface area contributed by atoms with Gasteiger partial charge in [0.2, 0.25) is 0 Å². The van der Waals surface area contributed by atoms with Crippen LogP contribution in [0, 0.1) is 0 Å². The number of nitrogens with one attached hydrogen (secondary N) is 1. The summed E-state index contributed by atoms with van der Waals surface area (Å²) in [6.45, 7) is -0.375. The topological polar surface area (TPSA) is 93.0 Å². The smallest absolute Gasteiger partial charge is 0.109 e. The van der Waals surface area contributed by atoms with Gasteiger partial charge in [0.1, 0.15) is 12.2 Å². The number of hydrogen-bond acceptors (Lipinski definition) is 5. The molecular weight excluding hydrogens is 169 g/mol. The summed E-state index contributed by atoms with van der Waals surface area (Å²) < 4.78 is 0. The maximum Gasteiger partial charge on any atom is 0.109 e. The Morgan fingerprint density at radius 2 is 1.67 bits per heavy atom. The molecule has 0 unspecified atom stereocenters. The fourth-order valence-corrected chi connectivity index (χ4v) is 0.694. The van der Waals surface area contributed by atoms with E-state index in [0.29, 0.717) is 0 Å². The van der Waals surface area contributed by atoms with E-state index in [2.05, 4.69) is 5.32 Å². The summed E-state index contributed by atoms with van der Waals surface area (Å²) >= 11 is 0. The minimum absolute atomic E-state index is 0. The molecule has 0 aromatic rings. The van der Waals surface area contributed by atoms with Crippen molar-refractivity contribution >= 4 is 0 Å². The molecule has 6 heteroatoms. The van der Waals surface area contributed by atoms with E-state index >= 15 is 0 Å². The first kappa shape index (κ1) is 14.3. The largest absolute Gasteiger partial charge is 0.394 e. The van der Waals surface area contributed by atoms with Crippen molar-refractivity contribution < 1.29 is 25.1 Å². The van der Waals surface area contributed by atoms with Gasteiger partial charge >= 0.3 is 0 Å². The summed E-state index contributed by atoms with van der Waals surface area (Å²) in [5, 5.41) is 37.9. The van der Waals surface area contributed by atoms with Gasteiger partial charge in [0.15, 0.2) is 0 Å². The molecule has 5 nitrogen and oxygen atoms in total. The Kier molecular flexibility index (Phi) is 8.78. The standard InChI is InChI=1S/C6H15NO4.FH/c1-7-2-4(9)6(11)5(10)3-8;/h4-11H,2-3H2,1H3;1H/t4-,5+,6-;/m0./s1.